The van der Waals surface area contributed by atoms with E-state index in [1.165, 1.54) is 20.8 Å². The SMILES string of the molecule is CC(C)(C)OC(=O)NC(CC(N)=O)C(F)(F)F. The molecule has 0 radical (unpaired) electrons. The molecule has 8 heteroatoms. The van der Waals surface area contributed by atoms with Crippen molar-refractivity contribution in [1.82, 2.24) is 5.32 Å². The zero-order valence-corrected chi connectivity index (χ0v) is 9.72. The van der Waals surface area contributed by atoms with Gasteiger partial charge in [-0.15, -0.1) is 0 Å². The number of halogens is 3. The van der Waals surface area contributed by atoms with E-state index in [0.29, 0.717) is 0 Å². The fourth-order valence-electron chi connectivity index (χ4n) is 0.900. The molecule has 0 aromatic carbocycles. The number of carbonyl (C=O) groups is 2. The van der Waals surface area contributed by atoms with Crippen molar-refractivity contribution in [3.05, 3.63) is 0 Å². The molecule has 1 unspecified atom stereocenters. The smallest absolute Gasteiger partial charge is 0.409 e. The van der Waals surface area contributed by atoms with Crippen molar-refractivity contribution in [2.75, 3.05) is 0 Å². The van der Waals surface area contributed by atoms with Gasteiger partial charge in [0.2, 0.25) is 5.91 Å². The lowest BCUT2D eigenvalue weighted by molar-refractivity contribution is -0.160. The van der Waals surface area contributed by atoms with Gasteiger partial charge in [0, 0.05) is 0 Å². The molecule has 0 spiro atoms. The number of alkyl halides is 3. The summed E-state index contributed by atoms with van der Waals surface area (Å²) >= 11 is 0. The number of amides is 2. The molecular weight excluding hydrogens is 241 g/mol. The van der Waals surface area contributed by atoms with Crippen LogP contribution in [-0.4, -0.2) is 29.8 Å². The molecule has 2 amide bonds. The molecule has 0 saturated heterocycles. The van der Waals surface area contributed by atoms with Gasteiger partial charge in [-0.25, -0.2) is 4.79 Å². The van der Waals surface area contributed by atoms with Crippen molar-refractivity contribution in [2.24, 2.45) is 5.73 Å². The molecule has 3 N–H and O–H groups in total. The molecule has 17 heavy (non-hydrogen) atoms. The van der Waals surface area contributed by atoms with Crippen LogP contribution in [0.4, 0.5) is 18.0 Å². The first-order valence-corrected chi connectivity index (χ1v) is 4.76. The van der Waals surface area contributed by atoms with Crippen LogP contribution < -0.4 is 11.1 Å². The highest BCUT2D eigenvalue weighted by atomic mass is 19.4. The van der Waals surface area contributed by atoms with Crippen molar-refractivity contribution in [1.29, 1.82) is 0 Å². The zero-order valence-electron chi connectivity index (χ0n) is 9.72. The van der Waals surface area contributed by atoms with Crippen LogP contribution in [-0.2, 0) is 9.53 Å². The molecule has 100 valence electrons. The van der Waals surface area contributed by atoms with Crippen LogP contribution in [0.3, 0.4) is 0 Å². The quantitative estimate of drug-likeness (QED) is 0.799. The number of carbonyl (C=O) groups excluding carboxylic acids is 2. The summed E-state index contributed by atoms with van der Waals surface area (Å²) in [5.74, 6) is -1.16. The molecule has 1 atom stereocenters. The van der Waals surface area contributed by atoms with Crippen LogP contribution in [0.2, 0.25) is 0 Å². The molecule has 0 aliphatic rings. The third-order valence-electron chi connectivity index (χ3n) is 1.49. The number of hydrogen-bond donors (Lipinski definition) is 2. The number of hydrogen-bond acceptors (Lipinski definition) is 3. The predicted molar refractivity (Wildman–Crippen MR) is 53.0 cm³/mol. The Morgan fingerprint density at radius 1 is 1.29 bits per heavy atom. The number of ether oxygens (including phenoxy) is 1. The summed E-state index contributed by atoms with van der Waals surface area (Å²) in [6.07, 6.45) is -7.03. The Kier molecular flexibility index (Phi) is 4.79. The van der Waals surface area contributed by atoms with Gasteiger partial charge in [-0.05, 0) is 20.8 Å². The van der Waals surface area contributed by atoms with Gasteiger partial charge in [0.05, 0.1) is 6.42 Å². The van der Waals surface area contributed by atoms with Gasteiger partial charge < -0.3 is 15.8 Å². The highest BCUT2D eigenvalue weighted by Gasteiger charge is 2.42. The van der Waals surface area contributed by atoms with E-state index in [-0.39, 0.29) is 0 Å². The number of nitrogens with one attached hydrogen (secondary N) is 1. The molecule has 0 aromatic heterocycles. The highest BCUT2D eigenvalue weighted by molar-refractivity contribution is 5.76. The van der Waals surface area contributed by atoms with E-state index in [1.807, 2.05) is 0 Å². The van der Waals surface area contributed by atoms with Gasteiger partial charge in [-0.3, -0.25) is 4.79 Å². The van der Waals surface area contributed by atoms with Crippen LogP contribution in [0, 0.1) is 0 Å². The summed E-state index contributed by atoms with van der Waals surface area (Å²) in [7, 11) is 0. The minimum atomic E-state index is -4.76. The second kappa shape index (κ2) is 5.24. The summed E-state index contributed by atoms with van der Waals surface area (Å²) in [6.45, 7) is 4.51. The van der Waals surface area contributed by atoms with Gasteiger partial charge in [0.15, 0.2) is 0 Å². The maximum absolute atomic E-state index is 12.4. The van der Waals surface area contributed by atoms with Crippen LogP contribution in [0.15, 0.2) is 0 Å². The Labute approximate surface area is 96.5 Å². The van der Waals surface area contributed by atoms with Crippen LogP contribution in [0.1, 0.15) is 27.2 Å². The van der Waals surface area contributed by atoms with E-state index in [1.54, 1.807) is 5.32 Å². The maximum atomic E-state index is 12.4. The van der Waals surface area contributed by atoms with E-state index in [9.17, 15) is 22.8 Å². The fourth-order valence-corrected chi connectivity index (χ4v) is 0.900. The first-order chi connectivity index (χ1) is 7.42. The topological polar surface area (TPSA) is 81.4 Å². The molecule has 0 aromatic rings. The normalized spacial score (nSPS) is 14.0. The fraction of sp³-hybridized carbons (Fsp3) is 0.778. The minimum absolute atomic E-state index is 0.924. The van der Waals surface area contributed by atoms with Crippen molar-refractivity contribution >= 4 is 12.0 Å². The van der Waals surface area contributed by atoms with Crippen molar-refractivity contribution in [3.63, 3.8) is 0 Å². The summed E-state index contributed by atoms with van der Waals surface area (Å²) in [4.78, 5) is 21.6. The Bertz CT molecular complexity index is 297. The summed E-state index contributed by atoms with van der Waals surface area (Å²) in [5, 5.41) is 1.56. The Morgan fingerprint density at radius 3 is 2.06 bits per heavy atom. The molecule has 0 aliphatic carbocycles. The van der Waals surface area contributed by atoms with Crippen LogP contribution >= 0.6 is 0 Å². The van der Waals surface area contributed by atoms with Gasteiger partial charge in [-0.2, -0.15) is 13.2 Å². The number of primary amides is 1. The zero-order chi connectivity index (χ0) is 13.9. The van der Waals surface area contributed by atoms with E-state index in [0.717, 1.165) is 0 Å². The van der Waals surface area contributed by atoms with E-state index >= 15 is 0 Å². The van der Waals surface area contributed by atoms with Crippen LogP contribution in [0.5, 0.6) is 0 Å². The average Bonchev–Trinajstić information content (AvgIpc) is 1.95. The lowest BCUT2D eigenvalue weighted by atomic mass is 10.2. The van der Waals surface area contributed by atoms with E-state index < -0.39 is 36.2 Å². The molecule has 0 heterocycles. The van der Waals surface area contributed by atoms with Crippen molar-refractivity contribution in [2.45, 2.75) is 45.0 Å². The first-order valence-electron chi connectivity index (χ1n) is 4.76. The Balaban J connectivity index is 4.55. The summed E-state index contributed by atoms with van der Waals surface area (Å²) < 4.78 is 41.8. The molecular formula is C9H15F3N2O3. The number of nitrogens with two attached hydrogens (primary N) is 1. The summed E-state index contributed by atoms with van der Waals surface area (Å²) in [6, 6.07) is -2.34. The lowest BCUT2D eigenvalue weighted by Crippen LogP contribution is -2.49. The minimum Gasteiger partial charge on any atom is -0.444 e. The molecule has 5 nitrogen and oxygen atoms in total. The van der Waals surface area contributed by atoms with Gasteiger partial charge >= 0.3 is 12.3 Å². The predicted octanol–water partition coefficient (Wildman–Crippen LogP) is 1.32. The van der Waals surface area contributed by atoms with Crippen molar-refractivity contribution in [3.8, 4) is 0 Å². The largest absolute Gasteiger partial charge is 0.444 e. The van der Waals surface area contributed by atoms with Gasteiger partial charge in [0.25, 0.3) is 0 Å². The third-order valence-corrected chi connectivity index (χ3v) is 1.49. The molecule has 0 saturated carbocycles. The van der Waals surface area contributed by atoms with Gasteiger partial charge in [-0.1, -0.05) is 0 Å². The molecule has 0 fully saturated rings. The first kappa shape index (κ1) is 15.5. The van der Waals surface area contributed by atoms with E-state index in [4.69, 9.17) is 0 Å². The molecule has 0 aliphatic heterocycles. The second-order valence-electron chi connectivity index (χ2n) is 4.41. The lowest BCUT2D eigenvalue weighted by Gasteiger charge is -2.24. The standard InChI is InChI=1S/C9H15F3N2O3/c1-8(2,3)17-7(16)14-5(4-6(13)15)9(10,11)12/h5H,4H2,1-3H3,(H2,13,15)(H,14,16). The van der Waals surface area contributed by atoms with Crippen molar-refractivity contribution < 1.29 is 27.5 Å². The summed E-state index contributed by atoms with van der Waals surface area (Å²) in [5.41, 5.74) is 3.74. The Morgan fingerprint density at radius 2 is 1.76 bits per heavy atom. The average molecular weight is 256 g/mol. The monoisotopic (exact) mass is 256 g/mol. The molecule has 0 bridgehead atoms. The van der Waals surface area contributed by atoms with Gasteiger partial charge in [0.1, 0.15) is 11.6 Å². The maximum Gasteiger partial charge on any atom is 0.409 e. The highest BCUT2D eigenvalue weighted by Crippen LogP contribution is 2.22. The Hall–Kier alpha value is -1.47. The van der Waals surface area contributed by atoms with Crippen LogP contribution in [0.25, 0.3) is 0 Å². The second-order valence-corrected chi connectivity index (χ2v) is 4.41. The third kappa shape index (κ3) is 7.42. The number of alkyl carbamates (subject to hydrolysis) is 1. The van der Waals surface area contributed by atoms with E-state index in [2.05, 4.69) is 10.5 Å². The molecule has 0 rings (SSSR count). The number of rotatable bonds is 3.